The molecule has 25 heavy (non-hydrogen) atoms. The van der Waals surface area contributed by atoms with Gasteiger partial charge >= 0.3 is 5.97 Å². The molecule has 0 aliphatic heterocycles. The summed E-state index contributed by atoms with van der Waals surface area (Å²) >= 11 is 1.53. The molecule has 1 aromatic heterocycles. The molecule has 1 saturated carbocycles. The number of amides is 1. The van der Waals surface area contributed by atoms with Gasteiger partial charge in [-0.05, 0) is 62.5 Å². The van der Waals surface area contributed by atoms with Gasteiger partial charge in [-0.3, -0.25) is 4.79 Å². The van der Waals surface area contributed by atoms with Gasteiger partial charge in [-0.25, -0.2) is 4.79 Å². The monoisotopic (exact) mass is 363 g/mol. The summed E-state index contributed by atoms with van der Waals surface area (Å²) in [4.78, 5) is 26.5. The number of ether oxygens (including phenoxy) is 1. The summed E-state index contributed by atoms with van der Waals surface area (Å²) in [5, 5.41) is 2.95. The molecule has 2 aliphatic rings. The third-order valence-corrected chi connectivity index (χ3v) is 6.69. The van der Waals surface area contributed by atoms with E-state index in [0.29, 0.717) is 23.3 Å². The molecule has 138 valence electrons. The molecule has 1 aromatic rings. The van der Waals surface area contributed by atoms with Crippen LogP contribution >= 0.6 is 11.3 Å². The van der Waals surface area contributed by atoms with Gasteiger partial charge in [0.2, 0.25) is 0 Å². The Balaban J connectivity index is 1.49. The van der Waals surface area contributed by atoms with E-state index in [2.05, 4.69) is 12.2 Å². The maximum atomic E-state index is 12.4. The number of hydrogen-bond donors (Lipinski definition) is 1. The molecule has 1 amide bonds. The van der Waals surface area contributed by atoms with Crippen LogP contribution in [0.15, 0.2) is 6.07 Å². The van der Waals surface area contributed by atoms with E-state index in [1.165, 1.54) is 60.3 Å². The fourth-order valence-corrected chi connectivity index (χ4v) is 4.95. The van der Waals surface area contributed by atoms with Gasteiger partial charge in [0.05, 0.1) is 0 Å². The van der Waals surface area contributed by atoms with Crippen LogP contribution in [0.5, 0.6) is 0 Å². The normalized spacial score (nSPS) is 22.1. The van der Waals surface area contributed by atoms with Gasteiger partial charge in [0.1, 0.15) is 4.88 Å². The Morgan fingerprint density at radius 2 is 2.04 bits per heavy atom. The van der Waals surface area contributed by atoms with Crippen LogP contribution in [-0.4, -0.2) is 24.5 Å². The quantitative estimate of drug-likeness (QED) is 0.801. The predicted octanol–water partition coefficient (Wildman–Crippen LogP) is 4.11. The molecular weight excluding hydrogens is 334 g/mol. The van der Waals surface area contributed by atoms with Gasteiger partial charge in [0.15, 0.2) is 6.10 Å². The molecular formula is C20H29NO3S. The van der Waals surface area contributed by atoms with E-state index in [1.807, 2.05) is 6.07 Å². The zero-order valence-electron chi connectivity index (χ0n) is 15.3. The summed E-state index contributed by atoms with van der Waals surface area (Å²) in [6.07, 6.45) is 8.72. The lowest BCUT2D eigenvalue weighted by molar-refractivity contribution is -0.129. The molecule has 2 atom stereocenters. The number of thiophene rings is 1. The average molecular weight is 364 g/mol. The van der Waals surface area contributed by atoms with Crippen molar-refractivity contribution in [2.24, 2.45) is 11.8 Å². The molecule has 1 fully saturated rings. The molecule has 0 radical (unpaired) electrons. The SMILES string of the molecule is C[C@H]1CCc2sc(C(=O)O[C@@H](C)C(=O)NCC3CCCCC3)cc2C1. The minimum atomic E-state index is -0.742. The molecule has 0 aromatic carbocycles. The van der Waals surface area contributed by atoms with Crippen LogP contribution < -0.4 is 5.32 Å². The second-order valence-electron chi connectivity index (χ2n) is 7.70. The van der Waals surface area contributed by atoms with E-state index in [-0.39, 0.29) is 11.9 Å². The molecule has 0 spiro atoms. The lowest BCUT2D eigenvalue weighted by Gasteiger charge is -2.22. The van der Waals surface area contributed by atoms with Gasteiger partial charge < -0.3 is 10.1 Å². The first-order chi connectivity index (χ1) is 12.0. The van der Waals surface area contributed by atoms with E-state index < -0.39 is 6.10 Å². The highest BCUT2D eigenvalue weighted by Crippen LogP contribution is 2.32. The zero-order valence-corrected chi connectivity index (χ0v) is 16.1. The topological polar surface area (TPSA) is 55.4 Å². The van der Waals surface area contributed by atoms with Crippen molar-refractivity contribution in [2.45, 2.75) is 71.3 Å². The smallest absolute Gasteiger partial charge is 0.349 e. The Kier molecular flexibility index (Phi) is 6.15. The number of carbonyl (C=O) groups excluding carboxylic acids is 2. The number of aryl methyl sites for hydroxylation is 1. The van der Waals surface area contributed by atoms with Crippen LogP contribution in [0.4, 0.5) is 0 Å². The molecule has 1 heterocycles. The average Bonchev–Trinajstić information content (AvgIpc) is 3.03. The third-order valence-electron chi connectivity index (χ3n) is 5.47. The molecule has 1 N–H and O–H groups in total. The van der Waals surface area contributed by atoms with Crippen molar-refractivity contribution in [3.05, 3.63) is 21.4 Å². The number of fused-ring (bicyclic) bond motifs is 1. The van der Waals surface area contributed by atoms with Crippen LogP contribution in [0.1, 0.15) is 72.5 Å². The molecule has 3 rings (SSSR count). The summed E-state index contributed by atoms with van der Waals surface area (Å²) in [7, 11) is 0. The predicted molar refractivity (Wildman–Crippen MR) is 100.0 cm³/mol. The Labute approximate surface area is 154 Å². The van der Waals surface area contributed by atoms with Gasteiger partial charge in [-0.1, -0.05) is 26.2 Å². The Morgan fingerprint density at radius 3 is 2.80 bits per heavy atom. The van der Waals surface area contributed by atoms with Crippen molar-refractivity contribution < 1.29 is 14.3 Å². The van der Waals surface area contributed by atoms with E-state index in [9.17, 15) is 9.59 Å². The minimum absolute atomic E-state index is 0.186. The Bertz CT molecular complexity index is 618. The number of hydrogen-bond acceptors (Lipinski definition) is 4. The van der Waals surface area contributed by atoms with Gasteiger partial charge in [-0.15, -0.1) is 11.3 Å². The molecule has 2 aliphatic carbocycles. The van der Waals surface area contributed by atoms with Crippen LogP contribution in [0, 0.1) is 11.8 Å². The van der Waals surface area contributed by atoms with Crippen LogP contribution in [0.25, 0.3) is 0 Å². The molecule has 0 bridgehead atoms. The van der Waals surface area contributed by atoms with Gasteiger partial charge in [-0.2, -0.15) is 0 Å². The molecule has 0 unspecified atom stereocenters. The van der Waals surface area contributed by atoms with Crippen LogP contribution in [0.2, 0.25) is 0 Å². The van der Waals surface area contributed by atoms with Crippen molar-refractivity contribution in [3.8, 4) is 0 Å². The molecule has 5 heteroatoms. The fraction of sp³-hybridized carbons (Fsp3) is 0.700. The second-order valence-corrected chi connectivity index (χ2v) is 8.84. The first kappa shape index (κ1) is 18.4. The first-order valence-electron chi connectivity index (χ1n) is 9.63. The van der Waals surface area contributed by atoms with E-state index >= 15 is 0 Å². The largest absolute Gasteiger partial charge is 0.448 e. The maximum absolute atomic E-state index is 12.4. The minimum Gasteiger partial charge on any atom is -0.448 e. The molecule has 0 saturated heterocycles. The Hall–Kier alpha value is -1.36. The summed E-state index contributed by atoms with van der Waals surface area (Å²) in [6.45, 7) is 4.60. The summed E-state index contributed by atoms with van der Waals surface area (Å²) in [6, 6.07) is 1.96. The number of rotatable bonds is 5. The lowest BCUT2D eigenvalue weighted by atomic mass is 9.89. The van der Waals surface area contributed by atoms with Crippen LogP contribution in [-0.2, 0) is 22.4 Å². The second kappa shape index (κ2) is 8.35. The van der Waals surface area contributed by atoms with Gasteiger partial charge in [0, 0.05) is 11.4 Å². The van der Waals surface area contributed by atoms with E-state index in [1.54, 1.807) is 6.92 Å². The highest BCUT2D eigenvalue weighted by molar-refractivity contribution is 7.14. The summed E-state index contributed by atoms with van der Waals surface area (Å²) < 4.78 is 5.40. The number of carbonyl (C=O) groups is 2. The number of nitrogens with one attached hydrogen (secondary N) is 1. The third kappa shape index (κ3) is 4.84. The van der Waals surface area contributed by atoms with Crippen molar-refractivity contribution in [3.63, 3.8) is 0 Å². The van der Waals surface area contributed by atoms with Crippen molar-refractivity contribution in [1.29, 1.82) is 0 Å². The first-order valence-corrected chi connectivity index (χ1v) is 10.4. The van der Waals surface area contributed by atoms with Gasteiger partial charge in [0.25, 0.3) is 5.91 Å². The number of esters is 1. The Morgan fingerprint density at radius 1 is 1.28 bits per heavy atom. The standard InChI is InChI=1S/C20H29NO3S/c1-13-8-9-17-16(10-13)11-18(25-17)20(23)24-14(2)19(22)21-12-15-6-4-3-5-7-15/h11,13-15H,3-10,12H2,1-2H3,(H,21,22)/t13-,14-/m0/s1. The zero-order chi connectivity index (χ0) is 17.8. The van der Waals surface area contributed by atoms with E-state index in [0.717, 1.165) is 12.8 Å². The van der Waals surface area contributed by atoms with Crippen molar-refractivity contribution in [2.75, 3.05) is 6.54 Å². The highest BCUT2D eigenvalue weighted by Gasteiger charge is 2.24. The van der Waals surface area contributed by atoms with Crippen molar-refractivity contribution >= 4 is 23.2 Å². The maximum Gasteiger partial charge on any atom is 0.349 e. The summed E-state index contributed by atoms with van der Waals surface area (Å²) in [5.74, 6) is 0.698. The van der Waals surface area contributed by atoms with E-state index in [4.69, 9.17) is 4.74 Å². The highest BCUT2D eigenvalue weighted by atomic mass is 32.1. The summed E-state index contributed by atoms with van der Waals surface area (Å²) in [5.41, 5.74) is 1.28. The van der Waals surface area contributed by atoms with Crippen molar-refractivity contribution in [1.82, 2.24) is 5.32 Å². The fourth-order valence-electron chi connectivity index (χ4n) is 3.86. The molecule has 4 nitrogen and oxygen atoms in total. The van der Waals surface area contributed by atoms with Crippen LogP contribution in [0.3, 0.4) is 0 Å². The lowest BCUT2D eigenvalue weighted by Crippen LogP contribution is -2.38.